The molecule has 2 atom stereocenters. The summed E-state index contributed by atoms with van der Waals surface area (Å²) in [4.78, 5) is 34.6. The van der Waals surface area contributed by atoms with Gasteiger partial charge in [0.25, 0.3) is 0 Å². The van der Waals surface area contributed by atoms with Crippen molar-refractivity contribution in [1.82, 2.24) is 10.3 Å². The lowest BCUT2D eigenvalue weighted by molar-refractivity contribution is 0.0494. The van der Waals surface area contributed by atoms with E-state index in [1.165, 1.54) is 0 Å². The zero-order valence-corrected chi connectivity index (χ0v) is 26.1. The molecular weight excluding hydrogens is 566 g/mol. The maximum atomic E-state index is 13.5. The summed E-state index contributed by atoms with van der Waals surface area (Å²) >= 11 is 9.68. The van der Waals surface area contributed by atoms with E-state index in [1.807, 2.05) is 59.1 Å². The monoisotopic (exact) mass is 601 g/mol. The van der Waals surface area contributed by atoms with Crippen LogP contribution in [0.3, 0.4) is 0 Å². The first-order chi connectivity index (χ1) is 18.8. The topological polar surface area (TPSA) is 80.8 Å². The zero-order chi connectivity index (χ0) is 29.2. The van der Waals surface area contributed by atoms with Gasteiger partial charge in [-0.2, -0.15) is 0 Å². The third kappa shape index (κ3) is 7.25. The number of anilines is 1. The average molecular weight is 602 g/mol. The summed E-state index contributed by atoms with van der Waals surface area (Å²) in [6.45, 7) is 15.5. The first-order valence-electron chi connectivity index (χ1n) is 13.2. The molecule has 214 valence electrons. The van der Waals surface area contributed by atoms with Crippen LogP contribution < -0.4 is 10.2 Å². The number of nitrogens with zero attached hydrogens (tertiary/aromatic N) is 2. The zero-order valence-electron chi connectivity index (χ0n) is 23.7. The second kappa shape index (κ2) is 11.9. The van der Waals surface area contributed by atoms with Crippen molar-refractivity contribution in [2.75, 3.05) is 4.90 Å². The highest BCUT2D eigenvalue weighted by Gasteiger charge is 2.33. The molecule has 0 fully saturated rings. The number of carbonyl (C=O) groups excluding carboxylic acids is 2. The molecule has 1 aliphatic carbocycles. The summed E-state index contributed by atoms with van der Waals surface area (Å²) in [5, 5.41) is 5.32. The lowest BCUT2D eigenvalue weighted by Gasteiger charge is -2.30. The number of pyridine rings is 1. The smallest absolute Gasteiger partial charge is 0.415 e. The van der Waals surface area contributed by atoms with Crippen molar-refractivity contribution in [3.05, 3.63) is 62.8 Å². The van der Waals surface area contributed by atoms with Gasteiger partial charge in [-0.3, -0.25) is 4.90 Å². The Morgan fingerprint density at radius 3 is 2.50 bits per heavy atom. The molecule has 3 heterocycles. The fourth-order valence-corrected chi connectivity index (χ4v) is 6.90. The number of amides is 2. The van der Waals surface area contributed by atoms with Gasteiger partial charge in [-0.05, 0) is 65.8 Å². The van der Waals surface area contributed by atoms with Gasteiger partial charge >= 0.3 is 12.2 Å². The van der Waals surface area contributed by atoms with Crippen molar-refractivity contribution >= 4 is 68.4 Å². The van der Waals surface area contributed by atoms with Crippen molar-refractivity contribution < 1.29 is 19.1 Å². The molecule has 7 nitrogen and oxygen atoms in total. The normalized spacial score (nSPS) is 17.5. The maximum Gasteiger partial charge on any atom is 0.415 e. The van der Waals surface area contributed by atoms with Crippen LogP contribution in [-0.2, 0) is 16.0 Å². The maximum absolute atomic E-state index is 13.5. The third-order valence-electron chi connectivity index (χ3n) is 6.13. The minimum absolute atomic E-state index is 0.0383. The molecule has 0 aliphatic heterocycles. The SMILES string of the molecule is C=Cc1c([C@H]2CC=CCC2NC(=O)OC(C)(C)C)sc2c(N(Cc3cccs3)C(=O)OC(C)(C)C)cc(Cl)nc12. The van der Waals surface area contributed by atoms with Crippen LogP contribution >= 0.6 is 34.3 Å². The van der Waals surface area contributed by atoms with Crippen LogP contribution in [0.25, 0.3) is 16.3 Å². The number of fused-ring (bicyclic) bond motifs is 1. The first-order valence-corrected chi connectivity index (χ1v) is 15.3. The van der Waals surface area contributed by atoms with E-state index in [0.29, 0.717) is 24.2 Å². The summed E-state index contributed by atoms with van der Waals surface area (Å²) in [6.07, 6.45) is 6.45. The van der Waals surface area contributed by atoms with Gasteiger partial charge < -0.3 is 14.8 Å². The standard InChI is InChI=1S/C30H36ClN3O4S2/c1-8-19-24-26(40-25(19)20-13-9-10-14-21(20)32-27(35)37-29(2,3)4)22(16-23(31)33-24)34(17-18-12-11-15-39-18)28(36)38-30(5,6)7/h8-12,15-16,20-21H,1,13-14,17H2,2-7H3,(H,32,35)/t20-,21?/m0/s1. The fraction of sp³-hybridized carbons (Fsp3) is 0.433. The molecule has 1 N–H and O–H groups in total. The predicted molar refractivity (Wildman–Crippen MR) is 166 cm³/mol. The van der Waals surface area contributed by atoms with E-state index < -0.39 is 23.4 Å². The number of nitrogens with one attached hydrogen (secondary N) is 1. The van der Waals surface area contributed by atoms with E-state index in [4.69, 9.17) is 21.1 Å². The van der Waals surface area contributed by atoms with Gasteiger partial charge in [0.15, 0.2) is 0 Å². The van der Waals surface area contributed by atoms with E-state index in [0.717, 1.165) is 26.4 Å². The molecule has 2 amide bonds. The Bertz CT molecular complexity index is 1420. The van der Waals surface area contributed by atoms with E-state index >= 15 is 0 Å². The van der Waals surface area contributed by atoms with Gasteiger partial charge in [-0.1, -0.05) is 42.5 Å². The quantitative estimate of drug-likeness (QED) is 0.225. The van der Waals surface area contributed by atoms with Crippen LogP contribution in [0.4, 0.5) is 15.3 Å². The number of hydrogen-bond acceptors (Lipinski definition) is 7. The van der Waals surface area contributed by atoms with Crippen LogP contribution in [0, 0.1) is 0 Å². The molecule has 3 aromatic heterocycles. The minimum atomic E-state index is -0.678. The second-order valence-electron chi connectivity index (χ2n) is 11.7. The molecule has 1 aliphatic rings. The first kappa shape index (κ1) is 30.1. The Balaban J connectivity index is 1.81. The largest absolute Gasteiger partial charge is 0.444 e. The van der Waals surface area contributed by atoms with Crippen LogP contribution in [0.15, 0.2) is 42.3 Å². The van der Waals surface area contributed by atoms with Gasteiger partial charge in [0.1, 0.15) is 16.4 Å². The van der Waals surface area contributed by atoms with Crippen molar-refractivity contribution in [2.24, 2.45) is 0 Å². The number of rotatable bonds is 6. The van der Waals surface area contributed by atoms with E-state index in [2.05, 4.69) is 29.0 Å². The third-order valence-corrected chi connectivity index (χ3v) is 8.53. The van der Waals surface area contributed by atoms with Crippen molar-refractivity contribution in [1.29, 1.82) is 0 Å². The molecular formula is C30H36ClN3O4S2. The van der Waals surface area contributed by atoms with Crippen LogP contribution in [0.1, 0.15) is 75.6 Å². The van der Waals surface area contributed by atoms with Crippen LogP contribution in [-0.4, -0.2) is 34.4 Å². The van der Waals surface area contributed by atoms with Gasteiger partial charge in [-0.15, -0.1) is 22.7 Å². The summed E-state index contributed by atoms with van der Waals surface area (Å²) in [5.41, 5.74) is 0.864. The van der Waals surface area contributed by atoms with Gasteiger partial charge in [0, 0.05) is 33.3 Å². The second-order valence-corrected chi connectivity index (χ2v) is 14.1. The summed E-state index contributed by atoms with van der Waals surface area (Å²) < 4.78 is 12.2. The van der Waals surface area contributed by atoms with Crippen molar-refractivity contribution in [2.45, 2.75) is 84.1 Å². The lowest BCUT2D eigenvalue weighted by atomic mass is 9.86. The van der Waals surface area contributed by atoms with Gasteiger partial charge in [0.05, 0.1) is 22.4 Å². The molecule has 0 bridgehead atoms. The average Bonchev–Trinajstić information content (AvgIpc) is 3.47. The number of thiophene rings is 2. The molecule has 10 heteroatoms. The summed E-state index contributed by atoms with van der Waals surface area (Å²) in [5.74, 6) is -0.0383. The number of ether oxygens (including phenoxy) is 2. The Morgan fingerprint density at radius 2 is 1.88 bits per heavy atom. The molecule has 0 saturated carbocycles. The predicted octanol–water partition coefficient (Wildman–Crippen LogP) is 8.92. The highest BCUT2D eigenvalue weighted by Crippen LogP contribution is 2.45. The van der Waals surface area contributed by atoms with E-state index in [-0.39, 0.29) is 17.1 Å². The van der Waals surface area contributed by atoms with E-state index in [1.54, 1.807) is 39.7 Å². The van der Waals surface area contributed by atoms with Gasteiger partial charge in [-0.25, -0.2) is 14.6 Å². The minimum Gasteiger partial charge on any atom is -0.444 e. The molecule has 4 rings (SSSR count). The molecule has 0 spiro atoms. The van der Waals surface area contributed by atoms with E-state index in [9.17, 15) is 9.59 Å². The number of halogens is 1. The Hall–Kier alpha value is -2.88. The Kier molecular flexibility index (Phi) is 8.97. The molecule has 0 aromatic carbocycles. The summed E-state index contributed by atoms with van der Waals surface area (Å²) in [6, 6.07) is 5.47. The summed E-state index contributed by atoms with van der Waals surface area (Å²) in [7, 11) is 0. The Labute approximate surface area is 248 Å². The highest BCUT2D eigenvalue weighted by molar-refractivity contribution is 7.20. The lowest BCUT2D eigenvalue weighted by Crippen LogP contribution is -2.42. The number of allylic oxidation sites excluding steroid dienone is 1. The van der Waals surface area contributed by atoms with Crippen molar-refractivity contribution in [3.8, 4) is 0 Å². The number of carbonyl (C=O) groups is 2. The highest BCUT2D eigenvalue weighted by atomic mass is 35.5. The van der Waals surface area contributed by atoms with Crippen molar-refractivity contribution in [3.63, 3.8) is 0 Å². The Morgan fingerprint density at radius 1 is 1.18 bits per heavy atom. The fourth-order valence-electron chi connectivity index (χ4n) is 4.57. The number of aromatic nitrogens is 1. The number of alkyl carbamates (subject to hydrolysis) is 1. The van der Waals surface area contributed by atoms with Gasteiger partial charge in [0.2, 0.25) is 0 Å². The molecule has 0 saturated heterocycles. The molecule has 40 heavy (non-hydrogen) atoms. The number of hydrogen-bond donors (Lipinski definition) is 1. The molecule has 1 unspecified atom stereocenters. The van der Waals surface area contributed by atoms with Crippen LogP contribution in [0.2, 0.25) is 5.15 Å². The van der Waals surface area contributed by atoms with Crippen LogP contribution in [0.5, 0.6) is 0 Å². The molecule has 3 aromatic rings. The molecule has 0 radical (unpaired) electrons.